The zero-order valence-electron chi connectivity index (χ0n) is 11.2. The zero-order chi connectivity index (χ0) is 14.4. The zero-order valence-corrected chi connectivity index (χ0v) is 11.2. The highest BCUT2D eigenvalue weighted by molar-refractivity contribution is 5.23. The normalized spacial score (nSPS) is 10.6. The van der Waals surface area contributed by atoms with E-state index in [9.17, 15) is 8.78 Å². The number of hydrogen-bond acceptors (Lipinski definition) is 3. The van der Waals surface area contributed by atoms with E-state index in [0.717, 1.165) is 12.2 Å². The Morgan fingerprint density at radius 2 is 1.90 bits per heavy atom. The third kappa shape index (κ3) is 3.74. The van der Waals surface area contributed by atoms with Gasteiger partial charge in [0.05, 0.1) is 17.5 Å². The molecular formula is C15H16F2N2O. The van der Waals surface area contributed by atoms with Crippen LogP contribution in [-0.2, 0) is 13.2 Å². The Bertz CT molecular complexity index is 538. The lowest BCUT2D eigenvalue weighted by Gasteiger charge is -2.08. The smallest absolute Gasteiger partial charge is 0.138 e. The third-order valence-electron chi connectivity index (χ3n) is 2.80. The predicted octanol–water partition coefficient (Wildman–Crippen LogP) is 3.05. The van der Waals surface area contributed by atoms with Crippen LogP contribution in [0.2, 0.25) is 0 Å². The van der Waals surface area contributed by atoms with E-state index in [1.807, 2.05) is 13.0 Å². The van der Waals surface area contributed by atoms with Crippen LogP contribution >= 0.6 is 0 Å². The number of nitrogens with one attached hydrogen (secondary N) is 1. The summed E-state index contributed by atoms with van der Waals surface area (Å²) in [6.45, 7) is 3.40. The molecule has 0 aliphatic heterocycles. The molecule has 1 N–H and O–H groups in total. The van der Waals surface area contributed by atoms with Gasteiger partial charge < -0.3 is 10.1 Å². The van der Waals surface area contributed by atoms with Gasteiger partial charge in [0, 0.05) is 6.54 Å². The first-order valence-electron chi connectivity index (χ1n) is 6.42. The summed E-state index contributed by atoms with van der Waals surface area (Å²) in [6.07, 6.45) is 1.55. The molecule has 20 heavy (non-hydrogen) atoms. The van der Waals surface area contributed by atoms with Crippen LogP contribution in [0.1, 0.15) is 18.2 Å². The van der Waals surface area contributed by atoms with Gasteiger partial charge in [0.2, 0.25) is 0 Å². The summed E-state index contributed by atoms with van der Waals surface area (Å²) < 4.78 is 32.2. The molecule has 0 atom stereocenters. The van der Waals surface area contributed by atoms with Crippen molar-refractivity contribution in [3.63, 3.8) is 0 Å². The van der Waals surface area contributed by atoms with Gasteiger partial charge in [0.15, 0.2) is 0 Å². The van der Waals surface area contributed by atoms with Gasteiger partial charge in [-0.3, -0.25) is 4.98 Å². The minimum absolute atomic E-state index is 0.0794. The first-order valence-corrected chi connectivity index (χ1v) is 6.42. The maximum absolute atomic E-state index is 13.4. The van der Waals surface area contributed by atoms with E-state index < -0.39 is 11.6 Å². The molecule has 0 spiro atoms. The van der Waals surface area contributed by atoms with E-state index in [2.05, 4.69) is 10.3 Å². The SMILES string of the molecule is CCNCc1ccc(OCc2c(F)cccc2F)cn1. The molecule has 0 aliphatic carbocycles. The van der Waals surface area contributed by atoms with Gasteiger partial charge in [-0.1, -0.05) is 13.0 Å². The molecule has 0 fully saturated rings. The van der Waals surface area contributed by atoms with Gasteiger partial charge in [0.25, 0.3) is 0 Å². The van der Waals surface area contributed by atoms with Crippen molar-refractivity contribution >= 4 is 0 Å². The molecule has 2 aromatic rings. The Labute approximate surface area is 116 Å². The summed E-state index contributed by atoms with van der Waals surface area (Å²) >= 11 is 0. The fourth-order valence-corrected chi connectivity index (χ4v) is 1.68. The molecule has 0 aliphatic rings. The van der Waals surface area contributed by atoms with Crippen molar-refractivity contribution in [1.82, 2.24) is 10.3 Å². The van der Waals surface area contributed by atoms with Crippen LogP contribution in [0.25, 0.3) is 0 Å². The first kappa shape index (κ1) is 14.4. The highest BCUT2D eigenvalue weighted by Gasteiger charge is 2.09. The van der Waals surface area contributed by atoms with E-state index in [1.54, 1.807) is 12.3 Å². The standard InChI is InChI=1S/C15H16F2N2O/c1-2-18-8-11-6-7-12(9-19-11)20-10-13-14(16)4-3-5-15(13)17/h3-7,9,18H,2,8,10H2,1H3. The lowest BCUT2D eigenvalue weighted by atomic mass is 10.2. The minimum Gasteiger partial charge on any atom is -0.487 e. The Morgan fingerprint density at radius 3 is 2.50 bits per heavy atom. The van der Waals surface area contributed by atoms with Gasteiger partial charge in [-0.05, 0) is 30.8 Å². The maximum atomic E-state index is 13.4. The van der Waals surface area contributed by atoms with E-state index in [1.165, 1.54) is 18.2 Å². The number of hydrogen-bond donors (Lipinski definition) is 1. The molecule has 1 aromatic heterocycles. The molecule has 0 radical (unpaired) electrons. The second kappa shape index (κ2) is 6.96. The summed E-state index contributed by atoms with van der Waals surface area (Å²) in [4.78, 5) is 4.20. The van der Waals surface area contributed by atoms with E-state index in [4.69, 9.17) is 4.74 Å². The monoisotopic (exact) mass is 278 g/mol. The van der Waals surface area contributed by atoms with Gasteiger partial charge in [0.1, 0.15) is 24.0 Å². The Morgan fingerprint density at radius 1 is 1.15 bits per heavy atom. The minimum atomic E-state index is -0.610. The number of rotatable bonds is 6. The van der Waals surface area contributed by atoms with Crippen molar-refractivity contribution < 1.29 is 13.5 Å². The van der Waals surface area contributed by atoms with Gasteiger partial charge in [-0.25, -0.2) is 8.78 Å². The third-order valence-corrected chi connectivity index (χ3v) is 2.80. The predicted molar refractivity (Wildman–Crippen MR) is 72.3 cm³/mol. The van der Waals surface area contributed by atoms with Crippen molar-refractivity contribution in [3.8, 4) is 5.75 Å². The summed E-state index contributed by atoms with van der Waals surface area (Å²) in [5, 5.41) is 3.15. The fraction of sp³-hybridized carbons (Fsp3) is 0.267. The van der Waals surface area contributed by atoms with E-state index >= 15 is 0 Å². The maximum Gasteiger partial charge on any atom is 0.138 e. The molecule has 0 unspecified atom stereocenters. The summed E-state index contributed by atoms with van der Waals surface area (Å²) in [7, 11) is 0. The molecular weight excluding hydrogens is 262 g/mol. The molecule has 106 valence electrons. The number of ether oxygens (including phenoxy) is 1. The second-order valence-electron chi connectivity index (χ2n) is 4.25. The summed E-state index contributed by atoms with van der Waals surface area (Å²) in [6, 6.07) is 7.29. The molecule has 0 saturated heterocycles. The average molecular weight is 278 g/mol. The molecule has 1 aromatic carbocycles. The fourth-order valence-electron chi connectivity index (χ4n) is 1.68. The molecule has 1 heterocycles. The topological polar surface area (TPSA) is 34.1 Å². The van der Waals surface area contributed by atoms with Crippen molar-refractivity contribution in [2.45, 2.75) is 20.1 Å². The molecule has 0 amide bonds. The average Bonchev–Trinajstić information content (AvgIpc) is 2.46. The van der Waals surface area contributed by atoms with Crippen molar-refractivity contribution in [2.24, 2.45) is 0 Å². The van der Waals surface area contributed by atoms with Crippen molar-refractivity contribution in [2.75, 3.05) is 6.54 Å². The highest BCUT2D eigenvalue weighted by atomic mass is 19.1. The lowest BCUT2D eigenvalue weighted by molar-refractivity contribution is 0.291. The van der Waals surface area contributed by atoms with Crippen LogP contribution in [0.5, 0.6) is 5.75 Å². The first-order chi connectivity index (χ1) is 9.70. The van der Waals surface area contributed by atoms with Gasteiger partial charge in [-0.15, -0.1) is 0 Å². The van der Waals surface area contributed by atoms with E-state index in [0.29, 0.717) is 12.3 Å². The molecule has 0 bridgehead atoms. The number of halogens is 2. The number of aromatic nitrogens is 1. The van der Waals surface area contributed by atoms with Crippen LogP contribution in [0, 0.1) is 11.6 Å². The van der Waals surface area contributed by atoms with E-state index in [-0.39, 0.29) is 12.2 Å². The molecule has 2 rings (SSSR count). The summed E-state index contributed by atoms with van der Waals surface area (Å²) in [5.41, 5.74) is 0.806. The molecule has 0 saturated carbocycles. The lowest BCUT2D eigenvalue weighted by Crippen LogP contribution is -2.12. The number of nitrogens with zero attached hydrogens (tertiary/aromatic N) is 1. The van der Waals surface area contributed by atoms with Crippen LogP contribution in [0.15, 0.2) is 36.5 Å². The Kier molecular flexibility index (Phi) is 5.01. The summed E-state index contributed by atoms with van der Waals surface area (Å²) in [5.74, 6) is -0.739. The van der Waals surface area contributed by atoms with Gasteiger partial charge in [-0.2, -0.15) is 0 Å². The molecule has 3 nitrogen and oxygen atoms in total. The Hall–Kier alpha value is -2.01. The van der Waals surface area contributed by atoms with Crippen LogP contribution in [0.4, 0.5) is 8.78 Å². The highest BCUT2D eigenvalue weighted by Crippen LogP contribution is 2.16. The Balaban J connectivity index is 1.97. The van der Waals surface area contributed by atoms with Crippen molar-refractivity contribution in [1.29, 1.82) is 0 Å². The largest absolute Gasteiger partial charge is 0.487 e. The van der Waals surface area contributed by atoms with Crippen LogP contribution in [0.3, 0.4) is 0 Å². The van der Waals surface area contributed by atoms with Gasteiger partial charge >= 0.3 is 0 Å². The van der Waals surface area contributed by atoms with Crippen LogP contribution in [-0.4, -0.2) is 11.5 Å². The van der Waals surface area contributed by atoms with Crippen LogP contribution < -0.4 is 10.1 Å². The quantitative estimate of drug-likeness (QED) is 0.882. The van der Waals surface area contributed by atoms with Crippen molar-refractivity contribution in [3.05, 3.63) is 59.4 Å². The number of benzene rings is 1. The second-order valence-corrected chi connectivity index (χ2v) is 4.25. The number of pyridine rings is 1. The molecule has 5 heteroatoms.